The summed E-state index contributed by atoms with van der Waals surface area (Å²) in [4.78, 5) is 16.6. The molecule has 122 valence electrons. The summed E-state index contributed by atoms with van der Waals surface area (Å²) < 4.78 is 0.980. The Bertz CT molecular complexity index is 639. The van der Waals surface area contributed by atoms with Crippen LogP contribution in [0.3, 0.4) is 0 Å². The molecule has 0 unspecified atom stereocenters. The van der Waals surface area contributed by atoms with Gasteiger partial charge in [-0.2, -0.15) is 0 Å². The number of benzene rings is 1. The number of carbonyl (C=O) groups is 1. The molecular formula is C17H22BrN3OS+2. The summed E-state index contributed by atoms with van der Waals surface area (Å²) in [5, 5.41) is 5.12. The molecule has 2 aromatic rings. The van der Waals surface area contributed by atoms with Crippen molar-refractivity contribution < 1.29 is 14.6 Å². The normalized spacial score (nSPS) is 21.1. The Morgan fingerprint density at radius 2 is 1.91 bits per heavy atom. The maximum atomic E-state index is 12.2. The summed E-state index contributed by atoms with van der Waals surface area (Å²) in [5.41, 5.74) is 0.853. The molecule has 1 aromatic heterocycles. The number of thiophene rings is 1. The van der Waals surface area contributed by atoms with Crippen LogP contribution in [0.25, 0.3) is 0 Å². The molecule has 3 rings (SSSR count). The quantitative estimate of drug-likeness (QED) is 0.674. The van der Waals surface area contributed by atoms with E-state index in [1.165, 1.54) is 9.78 Å². The Morgan fingerprint density at radius 1 is 1.13 bits per heavy atom. The lowest BCUT2D eigenvalue weighted by molar-refractivity contribution is -1.01. The summed E-state index contributed by atoms with van der Waals surface area (Å²) in [7, 11) is 0. The average molecular weight is 396 g/mol. The van der Waals surface area contributed by atoms with E-state index in [0.29, 0.717) is 6.54 Å². The van der Waals surface area contributed by atoms with Crippen molar-refractivity contribution in [1.82, 2.24) is 0 Å². The van der Waals surface area contributed by atoms with Crippen molar-refractivity contribution >= 4 is 38.9 Å². The lowest BCUT2D eigenvalue weighted by atomic mass is 10.3. The average Bonchev–Trinajstić information content (AvgIpc) is 3.02. The van der Waals surface area contributed by atoms with E-state index in [2.05, 4.69) is 38.8 Å². The van der Waals surface area contributed by atoms with Gasteiger partial charge in [0.05, 0.1) is 4.88 Å². The van der Waals surface area contributed by atoms with E-state index in [9.17, 15) is 4.79 Å². The van der Waals surface area contributed by atoms with Crippen molar-refractivity contribution in [2.24, 2.45) is 0 Å². The molecule has 3 N–H and O–H groups in total. The standard InChI is InChI=1S/C17H20BrN3OS/c18-14-3-1-4-15(11-14)19-17(22)13-21-8-6-20(7-9-21)12-16-5-2-10-23-16/h1-5,10-11H,6-9,12-13H2,(H,19,22)/p+2. The number of nitrogens with one attached hydrogen (secondary N) is 3. The summed E-state index contributed by atoms with van der Waals surface area (Å²) in [6, 6.07) is 12.1. The van der Waals surface area contributed by atoms with Crippen LogP contribution in [0.2, 0.25) is 0 Å². The fraction of sp³-hybridized carbons (Fsp3) is 0.353. The third-order valence-corrected chi connectivity index (χ3v) is 5.56. The molecule has 1 fully saturated rings. The largest absolute Gasteiger partial charge is 0.321 e. The number of carbonyl (C=O) groups excluding carboxylic acids is 1. The summed E-state index contributed by atoms with van der Waals surface area (Å²) in [6.07, 6.45) is 0. The van der Waals surface area contributed by atoms with E-state index in [1.54, 1.807) is 4.90 Å². The molecule has 0 atom stereocenters. The Hall–Kier alpha value is -1.21. The highest BCUT2D eigenvalue weighted by Crippen LogP contribution is 2.15. The predicted octanol–water partition coefficient (Wildman–Crippen LogP) is 0.433. The summed E-state index contributed by atoms with van der Waals surface area (Å²) in [6.45, 7) is 6.07. The molecule has 1 aromatic carbocycles. The zero-order chi connectivity index (χ0) is 16.1. The van der Waals surface area contributed by atoms with Gasteiger partial charge in [-0.25, -0.2) is 0 Å². The van der Waals surface area contributed by atoms with Gasteiger partial charge in [0, 0.05) is 10.2 Å². The SMILES string of the molecule is O=C(C[NH+]1CC[NH+](Cc2cccs2)CC1)Nc1cccc(Br)c1. The molecule has 1 aliphatic heterocycles. The van der Waals surface area contributed by atoms with Gasteiger partial charge in [-0.05, 0) is 29.6 Å². The van der Waals surface area contributed by atoms with E-state index in [4.69, 9.17) is 0 Å². The summed E-state index contributed by atoms with van der Waals surface area (Å²) >= 11 is 5.26. The lowest BCUT2D eigenvalue weighted by Crippen LogP contribution is -3.28. The molecule has 2 heterocycles. The van der Waals surface area contributed by atoms with Crippen LogP contribution in [-0.2, 0) is 11.3 Å². The monoisotopic (exact) mass is 395 g/mol. The first-order valence-corrected chi connectivity index (χ1v) is 9.61. The van der Waals surface area contributed by atoms with Gasteiger partial charge in [0.15, 0.2) is 6.54 Å². The summed E-state index contributed by atoms with van der Waals surface area (Å²) in [5.74, 6) is 0.0970. The van der Waals surface area contributed by atoms with Gasteiger partial charge in [0.25, 0.3) is 5.91 Å². The van der Waals surface area contributed by atoms with Crippen LogP contribution in [-0.4, -0.2) is 38.6 Å². The number of anilines is 1. The lowest BCUT2D eigenvalue weighted by Gasteiger charge is -2.29. The zero-order valence-electron chi connectivity index (χ0n) is 13.0. The minimum atomic E-state index is 0.0970. The number of rotatable bonds is 5. The minimum absolute atomic E-state index is 0.0970. The molecule has 23 heavy (non-hydrogen) atoms. The van der Waals surface area contributed by atoms with Crippen LogP contribution < -0.4 is 15.1 Å². The maximum Gasteiger partial charge on any atom is 0.279 e. The molecule has 0 spiro atoms. The number of halogens is 1. The molecule has 1 amide bonds. The van der Waals surface area contributed by atoms with E-state index in [-0.39, 0.29) is 5.91 Å². The highest BCUT2D eigenvalue weighted by atomic mass is 79.9. The molecule has 1 aliphatic rings. The van der Waals surface area contributed by atoms with E-state index >= 15 is 0 Å². The van der Waals surface area contributed by atoms with Crippen LogP contribution in [0.5, 0.6) is 0 Å². The third kappa shape index (κ3) is 5.14. The zero-order valence-corrected chi connectivity index (χ0v) is 15.4. The van der Waals surface area contributed by atoms with Gasteiger partial charge in [-0.3, -0.25) is 4.79 Å². The van der Waals surface area contributed by atoms with Crippen molar-refractivity contribution in [2.45, 2.75) is 6.54 Å². The number of hydrogen-bond donors (Lipinski definition) is 3. The maximum absolute atomic E-state index is 12.2. The second-order valence-corrected chi connectivity index (χ2v) is 7.94. The van der Waals surface area contributed by atoms with Crippen LogP contribution in [0.15, 0.2) is 46.3 Å². The Morgan fingerprint density at radius 3 is 2.61 bits per heavy atom. The molecule has 0 bridgehead atoms. The van der Waals surface area contributed by atoms with E-state index in [1.807, 2.05) is 35.6 Å². The molecular weight excluding hydrogens is 374 g/mol. The smallest absolute Gasteiger partial charge is 0.279 e. The van der Waals surface area contributed by atoms with Crippen molar-refractivity contribution in [1.29, 1.82) is 0 Å². The molecule has 0 radical (unpaired) electrons. The van der Waals surface area contributed by atoms with Crippen LogP contribution in [0.4, 0.5) is 5.69 Å². The van der Waals surface area contributed by atoms with Gasteiger partial charge in [-0.1, -0.05) is 28.1 Å². The first-order valence-electron chi connectivity index (χ1n) is 7.94. The van der Waals surface area contributed by atoms with E-state index < -0.39 is 0 Å². The number of hydrogen-bond acceptors (Lipinski definition) is 2. The second-order valence-electron chi connectivity index (χ2n) is 5.99. The predicted molar refractivity (Wildman–Crippen MR) is 97.1 cm³/mol. The topological polar surface area (TPSA) is 38.0 Å². The number of amides is 1. The van der Waals surface area contributed by atoms with Gasteiger partial charge in [0.2, 0.25) is 0 Å². The molecule has 1 saturated heterocycles. The Labute approximate surface area is 149 Å². The van der Waals surface area contributed by atoms with Gasteiger partial charge in [0.1, 0.15) is 32.7 Å². The minimum Gasteiger partial charge on any atom is -0.321 e. The first kappa shape index (κ1) is 16.6. The Kier molecular flexibility index (Phi) is 5.83. The van der Waals surface area contributed by atoms with Crippen molar-refractivity contribution in [3.05, 3.63) is 51.1 Å². The van der Waals surface area contributed by atoms with Crippen LogP contribution in [0, 0.1) is 0 Å². The van der Waals surface area contributed by atoms with Crippen LogP contribution >= 0.6 is 27.3 Å². The Balaban J connectivity index is 1.42. The van der Waals surface area contributed by atoms with Crippen LogP contribution in [0.1, 0.15) is 4.88 Å². The number of piperazine rings is 1. The van der Waals surface area contributed by atoms with Crippen molar-refractivity contribution in [3.8, 4) is 0 Å². The fourth-order valence-electron chi connectivity index (χ4n) is 2.97. The van der Waals surface area contributed by atoms with Crippen molar-refractivity contribution in [3.63, 3.8) is 0 Å². The molecule has 6 heteroatoms. The third-order valence-electron chi connectivity index (χ3n) is 4.19. The first-order chi connectivity index (χ1) is 11.2. The fourth-order valence-corrected chi connectivity index (χ4v) is 4.14. The van der Waals surface area contributed by atoms with E-state index in [0.717, 1.165) is 42.9 Å². The van der Waals surface area contributed by atoms with Gasteiger partial charge >= 0.3 is 0 Å². The molecule has 4 nitrogen and oxygen atoms in total. The number of quaternary nitrogens is 2. The molecule has 0 aliphatic carbocycles. The van der Waals surface area contributed by atoms with Gasteiger partial charge < -0.3 is 15.1 Å². The molecule has 0 saturated carbocycles. The second kappa shape index (κ2) is 8.06. The highest BCUT2D eigenvalue weighted by Gasteiger charge is 2.25. The van der Waals surface area contributed by atoms with Crippen molar-refractivity contribution in [2.75, 3.05) is 38.0 Å². The van der Waals surface area contributed by atoms with Gasteiger partial charge in [-0.15, -0.1) is 11.3 Å². The highest BCUT2D eigenvalue weighted by molar-refractivity contribution is 9.10.